The highest BCUT2D eigenvalue weighted by molar-refractivity contribution is 9.10. The Balaban J connectivity index is 1.79. The predicted molar refractivity (Wildman–Crippen MR) is 84.6 cm³/mol. The van der Waals surface area contributed by atoms with E-state index in [0.29, 0.717) is 23.2 Å². The molecule has 0 atom stereocenters. The number of anilines is 1. The molecule has 2 nitrogen and oxygen atoms in total. The minimum Gasteiger partial charge on any atom is -0.492 e. The lowest BCUT2D eigenvalue weighted by Gasteiger charge is -2.09. The first-order chi connectivity index (χ1) is 9.13. The van der Waals surface area contributed by atoms with Gasteiger partial charge < -0.3 is 10.1 Å². The highest BCUT2D eigenvalue weighted by Crippen LogP contribution is 2.22. The second kappa shape index (κ2) is 7.04. The summed E-state index contributed by atoms with van der Waals surface area (Å²) in [5.41, 5.74) is 0.886. The van der Waals surface area contributed by atoms with Crippen LogP contribution in [-0.2, 0) is 0 Å². The minimum absolute atomic E-state index is 0.561. The Bertz CT molecular complexity index is 525. The lowest BCUT2D eigenvalue weighted by molar-refractivity contribution is 0.333. The summed E-state index contributed by atoms with van der Waals surface area (Å²) in [5, 5.41) is 4.43. The molecule has 0 aromatic heterocycles. The van der Waals surface area contributed by atoms with Crippen LogP contribution in [0.1, 0.15) is 0 Å². The van der Waals surface area contributed by atoms with Gasteiger partial charge in [-0.25, -0.2) is 0 Å². The van der Waals surface area contributed by atoms with Gasteiger partial charge in [0, 0.05) is 26.8 Å². The molecule has 0 radical (unpaired) electrons. The fourth-order valence-corrected chi connectivity index (χ4v) is 2.34. The number of nitrogens with one attached hydrogen (secondary N) is 1. The van der Waals surface area contributed by atoms with E-state index in [1.165, 1.54) is 0 Å². The Hall–Kier alpha value is -0.900. The van der Waals surface area contributed by atoms with Crippen molar-refractivity contribution >= 4 is 44.8 Å². The van der Waals surface area contributed by atoms with Gasteiger partial charge in [0.2, 0.25) is 0 Å². The molecule has 0 saturated heterocycles. The number of rotatable bonds is 5. The Labute approximate surface area is 130 Å². The van der Waals surface area contributed by atoms with Gasteiger partial charge in [0.1, 0.15) is 12.4 Å². The zero-order chi connectivity index (χ0) is 13.7. The predicted octanol–water partition coefficient (Wildman–Crippen LogP) is 5.25. The number of ether oxygens (including phenoxy) is 1. The maximum absolute atomic E-state index is 5.91. The first-order valence-electron chi connectivity index (χ1n) is 5.72. The summed E-state index contributed by atoms with van der Waals surface area (Å²) in [5.74, 6) is 0.842. The van der Waals surface area contributed by atoms with Crippen LogP contribution in [0.2, 0.25) is 10.0 Å². The maximum atomic E-state index is 5.91. The third-order valence-electron chi connectivity index (χ3n) is 2.38. The molecule has 0 amide bonds. The molecule has 0 saturated carbocycles. The zero-order valence-electron chi connectivity index (χ0n) is 10.00. The van der Waals surface area contributed by atoms with Crippen molar-refractivity contribution in [1.29, 1.82) is 0 Å². The molecule has 1 N–H and O–H groups in total. The molecule has 0 aliphatic heterocycles. The molecule has 0 spiro atoms. The molecule has 0 aliphatic rings. The third-order valence-corrected chi connectivity index (χ3v) is 3.34. The Kier molecular flexibility index (Phi) is 5.37. The van der Waals surface area contributed by atoms with Gasteiger partial charge in [-0.3, -0.25) is 0 Å². The molecule has 5 heteroatoms. The maximum Gasteiger partial charge on any atom is 0.119 e. The summed E-state index contributed by atoms with van der Waals surface area (Å²) in [6.07, 6.45) is 0. The van der Waals surface area contributed by atoms with Gasteiger partial charge in [-0.05, 0) is 42.5 Å². The van der Waals surface area contributed by atoms with Gasteiger partial charge in [0.15, 0.2) is 0 Å². The van der Waals surface area contributed by atoms with Gasteiger partial charge in [-0.1, -0.05) is 39.1 Å². The fraction of sp³-hybridized carbons (Fsp3) is 0.143. The van der Waals surface area contributed by atoms with Crippen LogP contribution >= 0.6 is 39.1 Å². The largest absolute Gasteiger partial charge is 0.492 e. The molecule has 0 bridgehead atoms. The van der Waals surface area contributed by atoms with Gasteiger partial charge in [0.25, 0.3) is 0 Å². The Morgan fingerprint density at radius 1 is 1.00 bits per heavy atom. The Morgan fingerprint density at radius 2 is 1.63 bits per heavy atom. The number of hydrogen-bond acceptors (Lipinski definition) is 2. The smallest absolute Gasteiger partial charge is 0.119 e. The van der Waals surface area contributed by atoms with Crippen molar-refractivity contribution in [2.75, 3.05) is 18.5 Å². The fourth-order valence-electron chi connectivity index (χ4n) is 1.55. The van der Waals surface area contributed by atoms with Crippen molar-refractivity contribution in [3.63, 3.8) is 0 Å². The monoisotopic (exact) mass is 359 g/mol. The van der Waals surface area contributed by atoms with E-state index >= 15 is 0 Å². The van der Waals surface area contributed by atoms with Gasteiger partial charge >= 0.3 is 0 Å². The van der Waals surface area contributed by atoms with E-state index in [1.807, 2.05) is 36.4 Å². The first-order valence-corrected chi connectivity index (χ1v) is 7.27. The van der Waals surface area contributed by atoms with E-state index in [0.717, 1.165) is 15.9 Å². The quantitative estimate of drug-likeness (QED) is 0.735. The highest BCUT2D eigenvalue weighted by atomic mass is 79.9. The number of hydrogen-bond donors (Lipinski definition) is 1. The lowest BCUT2D eigenvalue weighted by atomic mass is 10.3. The van der Waals surface area contributed by atoms with E-state index in [1.54, 1.807) is 6.07 Å². The van der Waals surface area contributed by atoms with Gasteiger partial charge in [-0.15, -0.1) is 0 Å². The molecule has 2 aromatic carbocycles. The minimum atomic E-state index is 0.561. The van der Waals surface area contributed by atoms with Crippen molar-refractivity contribution in [1.82, 2.24) is 0 Å². The normalized spacial score (nSPS) is 10.3. The van der Waals surface area contributed by atoms with Crippen molar-refractivity contribution < 1.29 is 4.74 Å². The van der Waals surface area contributed by atoms with E-state index in [4.69, 9.17) is 27.9 Å². The Morgan fingerprint density at radius 3 is 2.26 bits per heavy atom. The molecular formula is C14H12BrCl2NO. The number of benzene rings is 2. The summed E-state index contributed by atoms with van der Waals surface area (Å²) in [6, 6.07) is 13.1. The summed E-state index contributed by atoms with van der Waals surface area (Å²) < 4.78 is 6.63. The molecule has 19 heavy (non-hydrogen) atoms. The van der Waals surface area contributed by atoms with Crippen LogP contribution in [0.15, 0.2) is 46.9 Å². The molecule has 0 heterocycles. The van der Waals surface area contributed by atoms with Crippen LogP contribution in [0.4, 0.5) is 5.69 Å². The average molecular weight is 361 g/mol. The number of halogens is 3. The molecule has 100 valence electrons. The van der Waals surface area contributed by atoms with Gasteiger partial charge in [0.05, 0.1) is 0 Å². The lowest BCUT2D eigenvalue weighted by Crippen LogP contribution is -2.11. The van der Waals surface area contributed by atoms with E-state index in [-0.39, 0.29) is 0 Å². The standard InChI is InChI=1S/C14H12BrCl2NO/c15-10-1-3-14(4-2-10)19-6-5-18-13-8-11(16)7-12(17)9-13/h1-4,7-9,18H,5-6H2. The van der Waals surface area contributed by atoms with Crippen LogP contribution in [0.5, 0.6) is 5.75 Å². The average Bonchev–Trinajstić information content (AvgIpc) is 2.36. The zero-order valence-corrected chi connectivity index (χ0v) is 13.1. The second-order valence-electron chi connectivity index (χ2n) is 3.89. The molecule has 0 aliphatic carbocycles. The highest BCUT2D eigenvalue weighted by Gasteiger charge is 1.98. The summed E-state index contributed by atoms with van der Waals surface area (Å²) in [7, 11) is 0. The van der Waals surface area contributed by atoms with E-state index in [2.05, 4.69) is 21.2 Å². The van der Waals surface area contributed by atoms with Crippen LogP contribution in [0.25, 0.3) is 0 Å². The summed E-state index contributed by atoms with van der Waals surface area (Å²) in [6.45, 7) is 1.23. The second-order valence-corrected chi connectivity index (χ2v) is 5.68. The van der Waals surface area contributed by atoms with Crippen LogP contribution in [0, 0.1) is 0 Å². The summed E-state index contributed by atoms with van der Waals surface area (Å²) in [4.78, 5) is 0. The third kappa shape index (κ3) is 4.94. The van der Waals surface area contributed by atoms with Crippen LogP contribution in [-0.4, -0.2) is 13.2 Å². The topological polar surface area (TPSA) is 21.3 Å². The van der Waals surface area contributed by atoms with E-state index in [9.17, 15) is 0 Å². The molecule has 2 rings (SSSR count). The first kappa shape index (κ1) is 14.5. The van der Waals surface area contributed by atoms with Crippen LogP contribution in [0.3, 0.4) is 0 Å². The molecular weight excluding hydrogens is 349 g/mol. The van der Waals surface area contributed by atoms with Crippen molar-refractivity contribution in [2.24, 2.45) is 0 Å². The summed E-state index contributed by atoms with van der Waals surface area (Å²) >= 11 is 15.2. The van der Waals surface area contributed by atoms with E-state index < -0.39 is 0 Å². The van der Waals surface area contributed by atoms with Crippen molar-refractivity contribution in [2.45, 2.75) is 0 Å². The molecule has 0 fully saturated rings. The molecule has 0 unspecified atom stereocenters. The van der Waals surface area contributed by atoms with Crippen LogP contribution < -0.4 is 10.1 Å². The molecule has 2 aromatic rings. The van der Waals surface area contributed by atoms with Gasteiger partial charge in [-0.2, -0.15) is 0 Å². The van der Waals surface area contributed by atoms with Crippen molar-refractivity contribution in [3.8, 4) is 5.75 Å². The van der Waals surface area contributed by atoms with Crippen molar-refractivity contribution in [3.05, 3.63) is 57.0 Å². The SMILES string of the molecule is Clc1cc(Cl)cc(NCCOc2ccc(Br)cc2)c1.